The van der Waals surface area contributed by atoms with Crippen LogP contribution in [0.2, 0.25) is 0 Å². The fraction of sp³-hybridized carbons (Fsp3) is 0.154. The first kappa shape index (κ1) is 17.2. The predicted octanol–water partition coefficient (Wildman–Crippen LogP) is 2.94. The Morgan fingerprint density at radius 2 is 1.96 bits per heavy atom. The summed E-state index contributed by atoms with van der Waals surface area (Å²) in [6.45, 7) is -3.10. The topological polar surface area (TPSA) is 81.7 Å². The van der Waals surface area contributed by atoms with Gasteiger partial charge in [0.2, 0.25) is 0 Å². The van der Waals surface area contributed by atoms with Crippen molar-refractivity contribution in [3.63, 3.8) is 0 Å². The molecule has 0 aliphatic heterocycles. The summed E-state index contributed by atoms with van der Waals surface area (Å²) < 4.78 is 60.4. The number of thiophene rings is 1. The van der Waals surface area contributed by atoms with Crippen LogP contribution in [-0.2, 0) is 14.8 Å². The quantitative estimate of drug-likeness (QED) is 0.798. The van der Waals surface area contributed by atoms with E-state index in [0.717, 1.165) is 18.4 Å². The predicted molar refractivity (Wildman–Crippen MR) is 79.5 cm³/mol. The maximum atomic E-state index is 12.4. The molecule has 2 aromatic rings. The molecule has 23 heavy (non-hydrogen) atoms. The lowest BCUT2D eigenvalue weighted by atomic mass is 10.3. The number of alkyl halides is 2. The van der Waals surface area contributed by atoms with E-state index in [9.17, 15) is 22.0 Å². The zero-order chi connectivity index (χ0) is 17.0. The third-order valence-electron chi connectivity index (χ3n) is 2.64. The number of ether oxygens (including phenoxy) is 2. The number of esters is 1. The van der Waals surface area contributed by atoms with Gasteiger partial charge in [0, 0.05) is 0 Å². The smallest absolute Gasteiger partial charge is 0.387 e. The lowest BCUT2D eigenvalue weighted by molar-refractivity contribution is -0.0493. The first-order chi connectivity index (χ1) is 10.8. The second-order valence-electron chi connectivity index (χ2n) is 4.09. The lowest BCUT2D eigenvalue weighted by Crippen LogP contribution is -2.16. The molecule has 0 radical (unpaired) electrons. The van der Waals surface area contributed by atoms with Crippen LogP contribution in [0.4, 0.5) is 14.5 Å². The van der Waals surface area contributed by atoms with E-state index in [1.165, 1.54) is 35.7 Å². The summed E-state index contributed by atoms with van der Waals surface area (Å²) in [5.74, 6) is -1.14. The molecule has 0 spiro atoms. The Labute approximate surface area is 134 Å². The third kappa shape index (κ3) is 3.96. The number of methoxy groups -OCH3 is 1. The number of carbonyl (C=O) groups excluding carboxylic acids is 1. The van der Waals surface area contributed by atoms with Crippen LogP contribution in [0, 0.1) is 0 Å². The van der Waals surface area contributed by atoms with Gasteiger partial charge in [-0.1, -0.05) is 12.1 Å². The lowest BCUT2D eigenvalue weighted by Gasteiger charge is -2.13. The second kappa shape index (κ2) is 6.92. The highest BCUT2D eigenvalue weighted by molar-refractivity contribution is 7.93. The van der Waals surface area contributed by atoms with Crippen molar-refractivity contribution < 1.29 is 31.5 Å². The average molecular weight is 363 g/mol. The normalized spacial score (nSPS) is 11.3. The number of rotatable bonds is 6. The molecule has 0 bridgehead atoms. The van der Waals surface area contributed by atoms with Crippen molar-refractivity contribution in [3.8, 4) is 5.75 Å². The van der Waals surface area contributed by atoms with Crippen molar-refractivity contribution in [1.82, 2.24) is 0 Å². The van der Waals surface area contributed by atoms with Gasteiger partial charge in [0.1, 0.15) is 15.5 Å². The minimum atomic E-state index is -4.18. The highest BCUT2D eigenvalue weighted by Gasteiger charge is 2.25. The Hall–Kier alpha value is -2.20. The van der Waals surface area contributed by atoms with Gasteiger partial charge in [-0.05, 0) is 23.6 Å². The molecule has 10 heteroatoms. The molecule has 0 aliphatic carbocycles. The van der Waals surface area contributed by atoms with Crippen LogP contribution in [0.1, 0.15) is 9.67 Å². The van der Waals surface area contributed by atoms with Crippen LogP contribution in [0.5, 0.6) is 5.75 Å². The highest BCUT2D eigenvalue weighted by Crippen LogP contribution is 2.30. The van der Waals surface area contributed by atoms with Crippen LogP contribution in [0.15, 0.2) is 40.6 Å². The highest BCUT2D eigenvalue weighted by atomic mass is 32.2. The Balaban J connectivity index is 2.37. The number of nitrogens with one attached hydrogen (secondary N) is 1. The zero-order valence-electron chi connectivity index (χ0n) is 11.7. The monoisotopic (exact) mass is 363 g/mol. The Morgan fingerprint density at radius 3 is 2.61 bits per heavy atom. The number of hydrogen-bond donors (Lipinski definition) is 1. The van der Waals surface area contributed by atoms with Crippen LogP contribution >= 0.6 is 11.3 Å². The van der Waals surface area contributed by atoms with Crippen molar-refractivity contribution in [1.29, 1.82) is 0 Å². The molecule has 124 valence electrons. The van der Waals surface area contributed by atoms with E-state index in [1.54, 1.807) is 0 Å². The minimum Gasteiger partial charge on any atom is -0.465 e. The number of carbonyl (C=O) groups is 1. The molecule has 0 atom stereocenters. The number of hydrogen-bond acceptors (Lipinski definition) is 6. The Bertz CT molecular complexity index is 804. The maximum Gasteiger partial charge on any atom is 0.387 e. The molecule has 1 N–H and O–H groups in total. The fourth-order valence-electron chi connectivity index (χ4n) is 1.70. The van der Waals surface area contributed by atoms with E-state index < -0.39 is 22.6 Å². The minimum absolute atomic E-state index is 0.118. The summed E-state index contributed by atoms with van der Waals surface area (Å²) in [6.07, 6.45) is 0. The van der Waals surface area contributed by atoms with E-state index >= 15 is 0 Å². The fourth-order valence-corrected chi connectivity index (χ4v) is 4.11. The average Bonchev–Trinajstić information content (AvgIpc) is 2.98. The first-order valence-electron chi connectivity index (χ1n) is 6.07. The van der Waals surface area contributed by atoms with Gasteiger partial charge in [0.15, 0.2) is 0 Å². The van der Waals surface area contributed by atoms with Gasteiger partial charge >= 0.3 is 12.6 Å². The van der Waals surface area contributed by atoms with Gasteiger partial charge in [-0.3, -0.25) is 4.72 Å². The standard InChI is InChI=1S/C13H11F2NO5S2/c1-20-12(17)11-10(6-7-22-11)23(18,19)16-8-4-2-3-5-9(8)21-13(14)15/h2-7,13,16H,1H3. The van der Waals surface area contributed by atoms with E-state index in [-0.39, 0.29) is 21.2 Å². The van der Waals surface area contributed by atoms with Crippen molar-refractivity contribution in [2.75, 3.05) is 11.8 Å². The van der Waals surface area contributed by atoms with Crippen molar-refractivity contribution in [2.45, 2.75) is 11.5 Å². The van der Waals surface area contributed by atoms with Gasteiger partial charge in [0.25, 0.3) is 10.0 Å². The van der Waals surface area contributed by atoms with Gasteiger partial charge < -0.3 is 9.47 Å². The molecule has 0 aliphatic rings. The van der Waals surface area contributed by atoms with E-state index in [2.05, 4.69) is 14.2 Å². The molecule has 0 fully saturated rings. The van der Waals surface area contributed by atoms with Gasteiger partial charge in [-0.15, -0.1) is 11.3 Å². The van der Waals surface area contributed by atoms with Gasteiger partial charge in [-0.25, -0.2) is 13.2 Å². The molecule has 1 aromatic heterocycles. The van der Waals surface area contributed by atoms with Gasteiger partial charge in [0.05, 0.1) is 12.8 Å². The maximum absolute atomic E-state index is 12.4. The Kier molecular flexibility index (Phi) is 5.16. The molecular formula is C13H11F2NO5S2. The van der Waals surface area contributed by atoms with E-state index in [4.69, 9.17) is 0 Å². The number of sulfonamides is 1. The number of halogens is 2. The second-order valence-corrected chi connectivity index (χ2v) is 6.65. The number of anilines is 1. The summed E-state index contributed by atoms with van der Waals surface area (Å²) >= 11 is 0.890. The van der Waals surface area contributed by atoms with Crippen LogP contribution in [-0.4, -0.2) is 28.1 Å². The summed E-state index contributed by atoms with van der Waals surface area (Å²) in [5, 5.41) is 1.41. The van der Waals surface area contributed by atoms with Crippen LogP contribution in [0.3, 0.4) is 0 Å². The van der Waals surface area contributed by atoms with Crippen molar-refractivity contribution >= 4 is 33.0 Å². The van der Waals surface area contributed by atoms with Crippen molar-refractivity contribution in [3.05, 3.63) is 40.6 Å². The molecule has 6 nitrogen and oxygen atoms in total. The summed E-state index contributed by atoms with van der Waals surface area (Å²) in [5.41, 5.74) is -0.171. The molecule has 0 saturated carbocycles. The number of benzene rings is 1. The van der Waals surface area contributed by atoms with E-state index in [1.807, 2.05) is 0 Å². The summed E-state index contributed by atoms with van der Waals surface area (Å²) in [7, 11) is -3.06. The summed E-state index contributed by atoms with van der Waals surface area (Å²) in [4.78, 5) is 11.2. The van der Waals surface area contributed by atoms with Crippen molar-refractivity contribution in [2.24, 2.45) is 0 Å². The van der Waals surface area contributed by atoms with E-state index in [0.29, 0.717) is 0 Å². The molecule has 0 amide bonds. The van der Waals surface area contributed by atoms with Crippen LogP contribution in [0.25, 0.3) is 0 Å². The molecule has 0 unspecified atom stereocenters. The third-order valence-corrected chi connectivity index (χ3v) is 5.07. The Morgan fingerprint density at radius 1 is 1.26 bits per heavy atom. The number of para-hydroxylation sites is 2. The molecule has 1 aromatic carbocycles. The molecule has 0 saturated heterocycles. The molecule has 1 heterocycles. The van der Waals surface area contributed by atoms with Crippen LogP contribution < -0.4 is 9.46 Å². The zero-order valence-corrected chi connectivity index (χ0v) is 13.3. The molecule has 2 rings (SSSR count). The first-order valence-corrected chi connectivity index (χ1v) is 8.44. The molecular weight excluding hydrogens is 352 g/mol. The largest absolute Gasteiger partial charge is 0.465 e. The SMILES string of the molecule is COC(=O)c1sccc1S(=O)(=O)Nc1ccccc1OC(F)F. The summed E-state index contributed by atoms with van der Waals surface area (Å²) in [6, 6.07) is 6.54. The van der Waals surface area contributed by atoms with Gasteiger partial charge in [-0.2, -0.15) is 8.78 Å².